The molecule has 180 valence electrons. The SMILES string of the molecule is Cc1nc(CC(C)C)c(CNC(=O)OC(C)(C)C)c(-c2ccc(CN)cc2)c1CCC(=O)O. The Labute approximate surface area is 196 Å². The van der Waals surface area contributed by atoms with Crippen LogP contribution in [0.5, 0.6) is 0 Å². The molecule has 2 rings (SSSR count). The fourth-order valence-corrected chi connectivity index (χ4v) is 3.76. The molecule has 0 unspecified atom stereocenters. The fraction of sp³-hybridized carbons (Fsp3) is 0.500. The van der Waals surface area contributed by atoms with E-state index in [1.165, 1.54) is 0 Å². The minimum absolute atomic E-state index is 0.00113. The number of carbonyl (C=O) groups excluding carboxylic acids is 1. The topological polar surface area (TPSA) is 115 Å². The van der Waals surface area contributed by atoms with E-state index in [-0.39, 0.29) is 13.0 Å². The van der Waals surface area contributed by atoms with Gasteiger partial charge in [-0.1, -0.05) is 38.1 Å². The Bertz CT molecular complexity index is 977. The molecule has 0 aliphatic rings. The molecule has 0 aliphatic heterocycles. The first-order valence-corrected chi connectivity index (χ1v) is 11.4. The molecule has 33 heavy (non-hydrogen) atoms. The van der Waals surface area contributed by atoms with Gasteiger partial charge < -0.3 is 20.9 Å². The third-order valence-corrected chi connectivity index (χ3v) is 5.17. The molecule has 0 bridgehead atoms. The number of hydrogen-bond donors (Lipinski definition) is 3. The van der Waals surface area contributed by atoms with Crippen molar-refractivity contribution in [3.63, 3.8) is 0 Å². The first-order valence-electron chi connectivity index (χ1n) is 11.4. The Balaban J connectivity index is 2.64. The van der Waals surface area contributed by atoms with Crippen LogP contribution in [0.1, 0.15) is 69.1 Å². The standard InChI is InChI=1S/C26H37N3O4/c1-16(2)13-22-21(15-28-25(32)33-26(4,5)6)24(19-9-7-18(14-27)8-10-19)20(17(3)29-22)11-12-23(30)31/h7-10,16H,11-15,27H2,1-6H3,(H,28,32)(H,30,31). The summed E-state index contributed by atoms with van der Waals surface area (Å²) in [7, 11) is 0. The zero-order valence-corrected chi connectivity index (χ0v) is 20.6. The molecule has 0 saturated carbocycles. The average Bonchev–Trinajstić information content (AvgIpc) is 2.70. The number of nitrogens with two attached hydrogens (primary N) is 1. The first-order chi connectivity index (χ1) is 15.4. The van der Waals surface area contributed by atoms with Crippen molar-refractivity contribution in [3.05, 3.63) is 52.3 Å². The molecular weight excluding hydrogens is 418 g/mol. The lowest BCUT2D eigenvalue weighted by Crippen LogP contribution is -2.32. The summed E-state index contributed by atoms with van der Waals surface area (Å²) in [4.78, 5) is 28.6. The smallest absolute Gasteiger partial charge is 0.407 e. The van der Waals surface area contributed by atoms with Crippen LogP contribution >= 0.6 is 0 Å². The van der Waals surface area contributed by atoms with Crippen LogP contribution < -0.4 is 11.1 Å². The summed E-state index contributed by atoms with van der Waals surface area (Å²) in [6.07, 6.45) is 0.580. The Morgan fingerprint density at radius 2 is 1.79 bits per heavy atom. The second-order valence-corrected chi connectivity index (χ2v) is 9.72. The molecule has 2 aromatic rings. The van der Waals surface area contributed by atoms with Crippen LogP contribution in [0.3, 0.4) is 0 Å². The molecule has 1 aromatic carbocycles. The first kappa shape index (κ1) is 26.3. The third kappa shape index (κ3) is 7.86. The number of carboxylic acid groups (broad SMARTS) is 1. The van der Waals surface area contributed by atoms with E-state index in [2.05, 4.69) is 19.2 Å². The van der Waals surface area contributed by atoms with Crippen molar-refractivity contribution >= 4 is 12.1 Å². The van der Waals surface area contributed by atoms with Crippen LogP contribution in [-0.4, -0.2) is 27.8 Å². The number of aryl methyl sites for hydroxylation is 1. The molecule has 1 amide bonds. The molecule has 1 heterocycles. The van der Waals surface area contributed by atoms with Crippen molar-refractivity contribution in [2.75, 3.05) is 0 Å². The zero-order chi connectivity index (χ0) is 24.8. The van der Waals surface area contributed by atoms with E-state index in [9.17, 15) is 14.7 Å². The van der Waals surface area contributed by atoms with Crippen molar-refractivity contribution in [1.82, 2.24) is 10.3 Å². The largest absolute Gasteiger partial charge is 0.481 e. The zero-order valence-electron chi connectivity index (χ0n) is 20.6. The number of hydrogen-bond acceptors (Lipinski definition) is 5. The summed E-state index contributed by atoms with van der Waals surface area (Å²) in [6, 6.07) is 7.94. The van der Waals surface area contributed by atoms with Crippen LogP contribution in [0.25, 0.3) is 11.1 Å². The Morgan fingerprint density at radius 3 is 2.30 bits per heavy atom. The lowest BCUT2D eigenvalue weighted by Gasteiger charge is -2.23. The lowest BCUT2D eigenvalue weighted by molar-refractivity contribution is -0.136. The maximum Gasteiger partial charge on any atom is 0.407 e. The highest BCUT2D eigenvalue weighted by Gasteiger charge is 2.22. The van der Waals surface area contributed by atoms with E-state index in [0.717, 1.165) is 45.6 Å². The second kappa shape index (κ2) is 11.3. The molecule has 0 fully saturated rings. The predicted octanol–water partition coefficient (Wildman–Crippen LogP) is 4.76. The van der Waals surface area contributed by atoms with E-state index >= 15 is 0 Å². The van der Waals surface area contributed by atoms with Crippen LogP contribution in [0.4, 0.5) is 4.79 Å². The lowest BCUT2D eigenvalue weighted by atomic mass is 9.88. The second-order valence-electron chi connectivity index (χ2n) is 9.72. The molecule has 0 saturated heterocycles. The molecule has 1 aromatic heterocycles. The number of pyridine rings is 1. The van der Waals surface area contributed by atoms with Gasteiger partial charge in [0.05, 0.1) is 0 Å². The molecule has 7 heteroatoms. The van der Waals surface area contributed by atoms with Crippen LogP contribution in [-0.2, 0) is 35.5 Å². The van der Waals surface area contributed by atoms with E-state index in [1.807, 2.05) is 52.0 Å². The number of rotatable bonds is 9. The Morgan fingerprint density at radius 1 is 1.15 bits per heavy atom. The van der Waals surface area contributed by atoms with Gasteiger partial charge in [0.25, 0.3) is 0 Å². The van der Waals surface area contributed by atoms with Crippen LogP contribution in [0.15, 0.2) is 24.3 Å². The number of benzene rings is 1. The summed E-state index contributed by atoms with van der Waals surface area (Å²) in [5, 5.41) is 12.2. The minimum atomic E-state index is -0.862. The highest BCUT2D eigenvalue weighted by Crippen LogP contribution is 2.33. The number of aliphatic carboxylic acids is 1. The van der Waals surface area contributed by atoms with Gasteiger partial charge in [-0.15, -0.1) is 0 Å². The van der Waals surface area contributed by atoms with Gasteiger partial charge >= 0.3 is 12.1 Å². The van der Waals surface area contributed by atoms with Gasteiger partial charge in [0.1, 0.15) is 5.60 Å². The van der Waals surface area contributed by atoms with Gasteiger partial charge in [-0.2, -0.15) is 0 Å². The number of nitrogens with one attached hydrogen (secondary N) is 1. The van der Waals surface area contributed by atoms with E-state index in [1.54, 1.807) is 0 Å². The predicted molar refractivity (Wildman–Crippen MR) is 130 cm³/mol. The highest BCUT2D eigenvalue weighted by molar-refractivity contribution is 5.75. The molecule has 7 nitrogen and oxygen atoms in total. The van der Waals surface area contributed by atoms with Gasteiger partial charge in [-0.3, -0.25) is 9.78 Å². The summed E-state index contributed by atoms with van der Waals surface area (Å²) in [6.45, 7) is 12.3. The fourth-order valence-electron chi connectivity index (χ4n) is 3.76. The molecule has 4 N–H and O–H groups in total. The third-order valence-electron chi connectivity index (χ3n) is 5.17. The molecular formula is C26H37N3O4. The molecule has 0 radical (unpaired) electrons. The van der Waals surface area contributed by atoms with Crippen LogP contribution in [0.2, 0.25) is 0 Å². The number of amides is 1. The van der Waals surface area contributed by atoms with E-state index < -0.39 is 17.7 Å². The van der Waals surface area contributed by atoms with Gasteiger partial charge in [0.15, 0.2) is 0 Å². The Kier molecular flexibility index (Phi) is 8.99. The normalized spacial score (nSPS) is 11.5. The van der Waals surface area contributed by atoms with Crippen molar-refractivity contribution in [3.8, 4) is 11.1 Å². The van der Waals surface area contributed by atoms with Gasteiger partial charge in [0.2, 0.25) is 0 Å². The number of aromatic nitrogens is 1. The van der Waals surface area contributed by atoms with Crippen LogP contribution in [0, 0.1) is 12.8 Å². The number of nitrogens with zero attached hydrogens (tertiary/aromatic N) is 1. The van der Waals surface area contributed by atoms with Gasteiger partial charge in [-0.25, -0.2) is 4.79 Å². The maximum atomic E-state index is 12.4. The maximum absolute atomic E-state index is 12.4. The highest BCUT2D eigenvalue weighted by atomic mass is 16.6. The van der Waals surface area contributed by atoms with Gasteiger partial charge in [-0.05, 0) is 68.7 Å². The van der Waals surface area contributed by atoms with Gasteiger partial charge in [0, 0.05) is 36.5 Å². The van der Waals surface area contributed by atoms with Crippen molar-refractivity contribution < 1.29 is 19.4 Å². The quantitative estimate of drug-likeness (QED) is 0.502. The summed E-state index contributed by atoms with van der Waals surface area (Å²) in [5.74, 6) is -0.506. The summed E-state index contributed by atoms with van der Waals surface area (Å²) < 4.78 is 5.43. The number of carbonyl (C=O) groups is 2. The van der Waals surface area contributed by atoms with Crippen molar-refractivity contribution in [2.24, 2.45) is 11.7 Å². The molecule has 0 spiro atoms. The van der Waals surface area contributed by atoms with Crippen molar-refractivity contribution in [1.29, 1.82) is 0 Å². The van der Waals surface area contributed by atoms with E-state index in [4.69, 9.17) is 15.5 Å². The average molecular weight is 456 g/mol. The summed E-state index contributed by atoms with van der Waals surface area (Å²) >= 11 is 0. The molecule has 0 aliphatic carbocycles. The number of carboxylic acids is 1. The van der Waals surface area contributed by atoms with E-state index in [0.29, 0.717) is 18.9 Å². The number of alkyl carbamates (subject to hydrolysis) is 1. The number of ether oxygens (including phenoxy) is 1. The summed E-state index contributed by atoms with van der Waals surface area (Å²) in [5.41, 5.74) is 11.5. The minimum Gasteiger partial charge on any atom is -0.481 e. The van der Waals surface area contributed by atoms with Crippen molar-refractivity contribution in [2.45, 2.75) is 79.5 Å². The Hall–Kier alpha value is -2.93. The molecule has 0 atom stereocenters. The monoisotopic (exact) mass is 455 g/mol.